The quantitative estimate of drug-likeness (QED) is 0.634. The highest BCUT2D eigenvalue weighted by atomic mass is 79.9. The molecule has 0 saturated heterocycles. The summed E-state index contributed by atoms with van der Waals surface area (Å²) in [6.07, 6.45) is 0. The lowest BCUT2D eigenvalue weighted by atomic mass is 10.2. The molecule has 0 aliphatic carbocycles. The molecule has 0 spiro atoms. The van der Waals surface area contributed by atoms with Gasteiger partial charge in [0.15, 0.2) is 0 Å². The van der Waals surface area contributed by atoms with Crippen molar-refractivity contribution in [3.8, 4) is 11.5 Å². The van der Waals surface area contributed by atoms with E-state index in [1.807, 2.05) is 0 Å². The minimum absolute atomic E-state index is 0.0221. The summed E-state index contributed by atoms with van der Waals surface area (Å²) in [5.41, 5.74) is 5.89. The molecule has 0 saturated carbocycles. The SMILES string of the molecule is NCc1ccc(Oc2cc(F)c(Br)cc2[N+](=O)[O-])c(Cl)c1. The number of nitro groups is 1. The second kappa shape index (κ2) is 6.38. The zero-order chi connectivity index (χ0) is 15.6. The Labute approximate surface area is 132 Å². The molecule has 2 rings (SSSR count). The maximum Gasteiger partial charge on any atom is 0.312 e. The predicted octanol–water partition coefficient (Wildman–Crippen LogP) is 4.40. The van der Waals surface area contributed by atoms with Crippen molar-refractivity contribution >= 4 is 33.2 Å². The number of ether oxygens (including phenoxy) is 1. The average Bonchev–Trinajstić information content (AvgIpc) is 2.44. The number of nitro benzene ring substituents is 1. The van der Waals surface area contributed by atoms with Crippen molar-refractivity contribution in [2.75, 3.05) is 0 Å². The Morgan fingerprint density at radius 3 is 2.62 bits per heavy atom. The van der Waals surface area contributed by atoms with Gasteiger partial charge in [-0.1, -0.05) is 17.7 Å². The molecule has 21 heavy (non-hydrogen) atoms. The molecular formula is C13H9BrClFN2O3. The minimum Gasteiger partial charge on any atom is -0.448 e. The molecule has 8 heteroatoms. The third-order valence-corrected chi connectivity index (χ3v) is 3.55. The van der Waals surface area contributed by atoms with Crippen molar-refractivity contribution in [2.45, 2.75) is 6.54 Å². The van der Waals surface area contributed by atoms with Crippen molar-refractivity contribution < 1.29 is 14.1 Å². The molecule has 2 aromatic carbocycles. The van der Waals surface area contributed by atoms with Crippen molar-refractivity contribution in [3.63, 3.8) is 0 Å². The Morgan fingerprint density at radius 1 is 1.33 bits per heavy atom. The van der Waals surface area contributed by atoms with E-state index in [9.17, 15) is 14.5 Å². The zero-order valence-corrected chi connectivity index (χ0v) is 12.8. The standard InChI is InChI=1S/C13H9BrClFN2O3/c14-8-4-11(18(19)20)13(5-10(8)16)21-12-2-1-7(6-17)3-9(12)15/h1-5H,6,17H2. The number of nitrogens with zero attached hydrogens (tertiary/aromatic N) is 1. The van der Waals surface area contributed by atoms with Crippen LogP contribution in [0.2, 0.25) is 5.02 Å². The van der Waals surface area contributed by atoms with E-state index in [2.05, 4.69) is 15.9 Å². The van der Waals surface area contributed by atoms with E-state index in [4.69, 9.17) is 22.1 Å². The third-order valence-electron chi connectivity index (χ3n) is 2.65. The van der Waals surface area contributed by atoms with E-state index in [1.165, 1.54) is 6.07 Å². The number of rotatable bonds is 4. The van der Waals surface area contributed by atoms with Crippen molar-refractivity contribution in [1.82, 2.24) is 0 Å². The van der Waals surface area contributed by atoms with E-state index < -0.39 is 10.7 Å². The smallest absolute Gasteiger partial charge is 0.312 e. The maximum atomic E-state index is 13.5. The first-order chi connectivity index (χ1) is 9.92. The van der Waals surface area contributed by atoms with Gasteiger partial charge in [-0.2, -0.15) is 0 Å². The summed E-state index contributed by atoms with van der Waals surface area (Å²) in [7, 11) is 0. The fourth-order valence-corrected chi connectivity index (χ4v) is 2.19. The second-order valence-corrected chi connectivity index (χ2v) is 5.32. The summed E-state index contributed by atoms with van der Waals surface area (Å²) in [6, 6.07) is 6.73. The van der Waals surface area contributed by atoms with Crippen LogP contribution in [0, 0.1) is 15.9 Å². The molecule has 110 valence electrons. The number of benzene rings is 2. The van der Waals surface area contributed by atoms with Crippen molar-refractivity contribution in [1.29, 1.82) is 0 Å². The zero-order valence-electron chi connectivity index (χ0n) is 10.5. The van der Waals surface area contributed by atoms with Gasteiger partial charge < -0.3 is 10.5 Å². The molecule has 0 aromatic heterocycles. The van der Waals surface area contributed by atoms with Crippen molar-refractivity contribution in [2.24, 2.45) is 5.73 Å². The molecule has 0 heterocycles. The Morgan fingerprint density at radius 2 is 2.05 bits per heavy atom. The van der Waals surface area contributed by atoms with Crippen LogP contribution in [0.4, 0.5) is 10.1 Å². The van der Waals surface area contributed by atoms with Crippen LogP contribution >= 0.6 is 27.5 Å². The summed E-state index contributed by atoms with van der Waals surface area (Å²) in [5.74, 6) is -0.730. The first kappa shape index (κ1) is 15.7. The van der Waals surface area contributed by atoms with Crippen LogP contribution in [0.3, 0.4) is 0 Å². The van der Waals surface area contributed by atoms with Gasteiger partial charge in [0.2, 0.25) is 5.75 Å². The van der Waals surface area contributed by atoms with Gasteiger partial charge in [-0.25, -0.2) is 4.39 Å². The number of hydrogen-bond donors (Lipinski definition) is 1. The van der Waals surface area contributed by atoms with E-state index in [-0.39, 0.29) is 26.7 Å². The van der Waals surface area contributed by atoms with Crippen LogP contribution in [0.1, 0.15) is 5.56 Å². The monoisotopic (exact) mass is 374 g/mol. The lowest BCUT2D eigenvalue weighted by Gasteiger charge is -2.09. The van der Waals surface area contributed by atoms with Crippen LogP contribution < -0.4 is 10.5 Å². The number of nitrogens with two attached hydrogens (primary N) is 1. The Balaban J connectivity index is 2.43. The van der Waals surface area contributed by atoms with Gasteiger partial charge in [-0.15, -0.1) is 0 Å². The van der Waals surface area contributed by atoms with Gasteiger partial charge in [-0.3, -0.25) is 10.1 Å². The van der Waals surface area contributed by atoms with E-state index >= 15 is 0 Å². The Kier molecular flexibility index (Phi) is 4.76. The molecule has 0 aliphatic heterocycles. The van der Waals surface area contributed by atoms with Gasteiger partial charge in [0.05, 0.1) is 14.4 Å². The summed E-state index contributed by atoms with van der Waals surface area (Å²) in [6.45, 7) is 0.299. The van der Waals surface area contributed by atoms with Gasteiger partial charge in [0.1, 0.15) is 11.6 Å². The van der Waals surface area contributed by atoms with Crippen LogP contribution in [0.25, 0.3) is 0 Å². The maximum absolute atomic E-state index is 13.5. The summed E-state index contributed by atoms with van der Waals surface area (Å²) in [4.78, 5) is 10.3. The van der Waals surface area contributed by atoms with Crippen LogP contribution in [-0.2, 0) is 6.54 Å². The van der Waals surface area contributed by atoms with E-state index in [0.29, 0.717) is 6.54 Å². The highest BCUT2D eigenvalue weighted by Crippen LogP contribution is 2.37. The summed E-state index contributed by atoms with van der Waals surface area (Å²) >= 11 is 8.90. The normalized spacial score (nSPS) is 10.5. The molecular weight excluding hydrogens is 367 g/mol. The Bertz CT molecular complexity index is 712. The highest BCUT2D eigenvalue weighted by molar-refractivity contribution is 9.10. The predicted molar refractivity (Wildman–Crippen MR) is 80.2 cm³/mol. The van der Waals surface area contributed by atoms with Crippen molar-refractivity contribution in [3.05, 3.63) is 61.3 Å². The molecule has 0 fully saturated rings. The van der Waals surface area contributed by atoms with Gasteiger partial charge >= 0.3 is 5.69 Å². The molecule has 0 aliphatic rings. The number of hydrogen-bond acceptors (Lipinski definition) is 4. The third kappa shape index (κ3) is 3.49. The number of halogens is 3. The molecule has 0 bridgehead atoms. The van der Waals surface area contributed by atoms with E-state index in [0.717, 1.165) is 17.7 Å². The average molecular weight is 376 g/mol. The molecule has 0 unspecified atom stereocenters. The highest BCUT2D eigenvalue weighted by Gasteiger charge is 2.20. The summed E-state index contributed by atoms with van der Waals surface area (Å²) < 4.78 is 18.9. The first-order valence-electron chi connectivity index (χ1n) is 5.72. The molecule has 0 amide bonds. The van der Waals surface area contributed by atoms with Gasteiger partial charge in [0.25, 0.3) is 0 Å². The van der Waals surface area contributed by atoms with Gasteiger partial charge in [-0.05, 0) is 33.6 Å². The molecule has 0 radical (unpaired) electrons. The topological polar surface area (TPSA) is 78.4 Å². The fourth-order valence-electron chi connectivity index (χ4n) is 1.62. The largest absolute Gasteiger partial charge is 0.448 e. The lowest BCUT2D eigenvalue weighted by molar-refractivity contribution is -0.385. The molecule has 2 aromatic rings. The lowest BCUT2D eigenvalue weighted by Crippen LogP contribution is -1.98. The molecule has 0 atom stereocenters. The van der Waals surface area contributed by atoms with Crippen LogP contribution in [-0.4, -0.2) is 4.92 Å². The minimum atomic E-state index is -0.676. The summed E-state index contributed by atoms with van der Waals surface area (Å²) in [5, 5.41) is 11.2. The fraction of sp³-hybridized carbons (Fsp3) is 0.0769. The van der Waals surface area contributed by atoms with Crippen LogP contribution in [0.5, 0.6) is 11.5 Å². The second-order valence-electron chi connectivity index (χ2n) is 4.06. The first-order valence-corrected chi connectivity index (χ1v) is 6.89. The molecule has 5 nitrogen and oxygen atoms in total. The van der Waals surface area contributed by atoms with Crippen LogP contribution in [0.15, 0.2) is 34.8 Å². The van der Waals surface area contributed by atoms with E-state index in [1.54, 1.807) is 12.1 Å². The Hall–Kier alpha value is -1.70. The van der Waals surface area contributed by atoms with Gasteiger partial charge in [0, 0.05) is 18.7 Å². The molecule has 2 N–H and O–H groups in total.